The van der Waals surface area contributed by atoms with Gasteiger partial charge in [-0.25, -0.2) is 0 Å². The van der Waals surface area contributed by atoms with E-state index >= 15 is 0 Å². The van der Waals surface area contributed by atoms with Crippen molar-refractivity contribution in [3.8, 4) is 0 Å². The Labute approximate surface area is 83.6 Å². The third-order valence-electron chi connectivity index (χ3n) is 1.64. The molecule has 2 amide bonds. The van der Waals surface area contributed by atoms with Crippen LogP contribution in [0.3, 0.4) is 0 Å². The van der Waals surface area contributed by atoms with E-state index in [2.05, 4.69) is 0 Å². The fourth-order valence-corrected chi connectivity index (χ4v) is 0.929. The van der Waals surface area contributed by atoms with Crippen molar-refractivity contribution in [3.63, 3.8) is 0 Å². The zero-order chi connectivity index (χ0) is 11.0. The van der Waals surface area contributed by atoms with Gasteiger partial charge in [0.05, 0.1) is 0 Å². The highest BCUT2D eigenvalue weighted by molar-refractivity contribution is 5.86. The Balaban J connectivity index is 3.70. The maximum atomic E-state index is 10.3. The summed E-state index contributed by atoms with van der Waals surface area (Å²) in [5.74, 6) is -0.518. The summed E-state index contributed by atoms with van der Waals surface area (Å²) in [6, 6.07) is 0. The van der Waals surface area contributed by atoms with Crippen LogP contribution < -0.4 is 11.5 Å². The topological polar surface area (TPSA) is 86.2 Å². The van der Waals surface area contributed by atoms with Crippen molar-refractivity contribution in [3.05, 3.63) is 24.3 Å². The fraction of sp³-hybridized carbons (Fsp3) is 0.400. The highest BCUT2D eigenvalue weighted by atomic mass is 16.1. The molecule has 14 heavy (non-hydrogen) atoms. The molecule has 0 unspecified atom stereocenters. The average molecular weight is 196 g/mol. The number of carbonyl (C=O) groups excluding carboxylic acids is 2. The van der Waals surface area contributed by atoms with Gasteiger partial charge in [0.15, 0.2) is 0 Å². The molecule has 0 aliphatic carbocycles. The van der Waals surface area contributed by atoms with Crippen molar-refractivity contribution in [1.82, 2.24) is 0 Å². The minimum atomic E-state index is -0.440. The molecule has 0 aromatic rings. The predicted octanol–water partition coefficient (Wildman–Crippen LogP) is 0.486. The largest absolute Gasteiger partial charge is 0.366 e. The van der Waals surface area contributed by atoms with Crippen LogP contribution in [0.5, 0.6) is 0 Å². The Morgan fingerprint density at radius 1 is 1.07 bits per heavy atom. The van der Waals surface area contributed by atoms with E-state index in [0.29, 0.717) is 5.92 Å². The van der Waals surface area contributed by atoms with Gasteiger partial charge in [-0.15, -0.1) is 0 Å². The summed E-state index contributed by atoms with van der Waals surface area (Å²) in [7, 11) is 0. The van der Waals surface area contributed by atoms with Crippen LogP contribution in [0.2, 0.25) is 0 Å². The third kappa shape index (κ3) is 8.52. The molecule has 78 valence electrons. The zero-order valence-corrected chi connectivity index (χ0v) is 8.27. The average Bonchev–Trinajstić information content (AvgIpc) is 2.02. The molecule has 0 aromatic heterocycles. The van der Waals surface area contributed by atoms with Crippen molar-refractivity contribution in [2.45, 2.75) is 19.8 Å². The van der Waals surface area contributed by atoms with Gasteiger partial charge in [-0.1, -0.05) is 19.1 Å². The number of allylic oxidation sites excluding steroid dienone is 2. The molecule has 0 spiro atoms. The van der Waals surface area contributed by atoms with Crippen LogP contribution in [0.15, 0.2) is 24.3 Å². The molecule has 0 radical (unpaired) electrons. The fourth-order valence-electron chi connectivity index (χ4n) is 0.929. The van der Waals surface area contributed by atoms with E-state index in [9.17, 15) is 9.59 Å². The standard InChI is InChI=1S/C10H16N2O2/c1-8(4-2-6-9(11)13)5-3-7-10(12)14/h2-3,6-8H,4-5H2,1H3,(H2,11,13)(H2,12,14)/b6-2+,7-3+. The molecule has 0 bridgehead atoms. The molecule has 0 rings (SSSR count). The summed E-state index contributed by atoms with van der Waals surface area (Å²) in [4.78, 5) is 20.7. The number of carbonyl (C=O) groups is 2. The second-order valence-electron chi connectivity index (χ2n) is 3.19. The van der Waals surface area contributed by atoms with Crippen molar-refractivity contribution in [2.24, 2.45) is 17.4 Å². The lowest BCUT2D eigenvalue weighted by Crippen LogP contribution is -2.06. The van der Waals surface area contributed by atoms with Gasteiger partial charge in [-0.05, 0) is 30.9 Å². The summed E-state index contributed by atoms with van der Waals surface area (Å²) in [5.41, 5.74) is 9.84. The number of hydrogen-bond acceptors (Lipinski definition) is 2. The van der Waals surface area contributed by atoms with E-state index in [1.165, 1.54) is 12.2 Å². The van der Waals surface area contributed by atoms with Crippen molar-refractivity contribution in [1.29, 1.82) is 0 Å². The Morgan fingerprint density at radius 3 is 1.71 bits per heavy atom. The summed E-state index contributed by atoms with van der Waals surface area (Å²) < 4.78 is 0. The van der Waals surface area contributed by atoms with Gasteiger partial charge >= 0.3 is 0 Å². The molecule has 0 aromatic carbocycles. The van der Waals surface area contributed by atoms with Crippen LogP contribution in [-0.2, 0) is 9.59 Å². The third-order valence-corrected chi connectivity index (χ3v) is 1.64. The molecule has 4 N–H and O–H groups in total. The smallest absolute Gasteiger partial charge is 0.241 e. The molecule has 0 saturated carbocycles. The summed E-state index contributed by atoms with van der Waals surface area (Å²) in [6.07, 6.45) is 7.65. The maximum absolute atomic E-state index is 10.3. The van der Waals surface area contributed by atoms with Crippen LogP contribution in [0, 0.1) is 5.92 Å². The Bertz CT molecular complexity index is 231. The lowest BCUT2D eigenvalue weighted by atomic mass is 10.0. The Hall–Kier alpha value is -1.58. The molecular formula is C10H16N2O2. The molecule has 0 saturated heterocycles. The van der Waals surface area contributed by atoms with Gasteiger partial charge in [0, 0.05) is 0 Å². The Kier molecular flexibility index (Phi) is 6.11. The summed E-state index contributed by atoms with van der Waals surface area (Å²) in [5, 5.41) is 0. The molecule has 4 nitrogen and oxygen atoms in total. The number of nitrogens with two attached hydrogens (primary N) is 2. The van der Waals surface area contributed by atoms with E-state index < -0.39 is 11.8 Å². The summed E-state index contributed by atoms with van der Waals surface area (Å²) >= 11 is 0. The molecule has 0 fully saturated rings. The van der Waals surface area contributed by atoms with Crippen LogP contribution in [0.1, 0.15) is 19.8 Å². The van der Waals surface area contributed by atoms with Gasteiger partial charge in [-0.2, -0.15) is 0 Å². The van der Waals surface area contributed by atoms with E-state index in [-0.39, 0.29) is 0 Å². The molecule has 0 atom stereocenters. The van der Waals surface area contributed by atoms with Gasteiger partial charge in [0.1, 0.15) is 0 Å². The van der Waals surface area contributed by atoms with Crippen LogP contribution in [-0.4, -0.2) is 11.8 Å². The number of rotatable bonds is 6. The molecule has 0 heterocycles. The van der Waals surface area contributed by atoms with Crippen molar-refractivity contribution >= 4 is 11.8 Å². The van der Waals surface area contributed by atoms with E-state index in [1.807, 2.05) is 6.92 Å². The second kappa shape index (κ2) is 6.88. The SMILES string of the molecule is CC(C/C=C/C(N)=O)C/C=C/C(N)=O. The minimum absolute atomic E-state index is 0.362. The zero-order valence-electron chi connectivity index (χ0n) is 8.27. The summed E-state index contributed by atoms with van der Waals surface area (Å²) in [6.45, 7) is 2.01. The second-order valence-corrected chi connectivity index (χ2v) is 3.19. The first kappa shape index (κ1) is 12.4. The highest BCUT2D eigenvalue weighted by Gasteiger charge is 1.96. The highest BCUT2D eigenvalue weighted by Crippen LogP contribution is 2.08. The molecule has 4 heteroatoms. The van der Waals surface area contributed by atoms with Crippen molar-refractivity contribution < 1.29 is 9.59 Å². The predicted molar refractivity (Wildman–Crippen MR) is 55.1 cm³/mol. The molecule has 0 aliphatic heterocycles. The van der Waals surface area contributed by atoms with Crippen LogP contribution >= 0.6 is 0 Å². The Morgan fingerprint density at radius 2 is 1.43 bits per heavy atom. The number of hydrogen-bond donors (Lipinski definition) is 2. The molecular weight excluding hydrogens is 180 g/mol. The first-order valence-corrected chi connectivity index (χ1v) is 4.44. The first-order chi connectivity index (χ1) is 6.52. The minimum Gasteiger partial charge on any atom is -0.366 e. The first-order valence-electron chi connectivity index (χ1n) is 4.44. The van der Waals surface area contributed by atoms with E-state index in [0.717, 1.165) is 12.8 Å². The lowest BCUT2D eigenvalue weighted by Gasteiger charge is -2.02. The monoisotopic (exact) mass is 196 g/mol. The van der Waals surface area contributed by atoms with Crippen LogP contribution in [0.25, 0.3) is 0 Å². The van der Waals surface area contributed by atoms with E-state index in [1.54, 1.807) is 12.2 Å². The van der Waals surface area contributed by atoms with Gasteiger partial charge in [0.25, 0.3) is 0 Å². The number of amides is 2. The van der Waals surface area contributed by atoms with Gasteiger partial charge in [0.2, 0.25) is 11.8 Å². The van der Waals surface area contributed by atoms with Crippen LogP contribution in [0.4, 0.5) is 0 Å². The van der Waals surface area contributed by atoms with Gasteiger partial charge in [-0.3, -0.25) is 9.59 Å². The van der Waals surface area contributed by atoms with E-state index in [4.69, 9.17) is 11.5 Å². The maximum Gasteiger partial charge on any atom is 0.241 e. The molecule has 0 aliphatic rings. The normalized spacial score (nSPS) is 11.6. The number of primary amides is 2. The van der Waals surface area contributed by atoms with Crippen molar-refractivity contribution in [2.75, 3.05) is 0 Å². The van der Waals surface area contributed by atoms with Gasteiger partial charge < -0.3 is 11.5 Å². The quantitative estimate of drug-likeness (QED) is 0.605. The lowest BCUT2D eigenvalue weighted by molar-refractivity contribution is -0.114.